The van der Waals surface area contributed by atoms with Crippen LogP contribution in [0.5, 0.6) is 5.75 Å². The molecule has 0 bridgehead atoms. The van der Waals surface area contributed by atoms with E-state index in [0.717, 1.165) is 10.6 Å². The zero-order valence-electron chi connectivity index (χ0n) is 9.07. The highest BCUT2D eigenvalue weighted by Gasteiger charge is 2.12. The summed E-state index contributed by atoms with van der Waals surface area (Å²) < 4.78 is 9.79. The number of carbonyl (C=O) groups excluding carboxylic acids is 1. The molecule has 82 valence electrons. The maximum atomic E-state index is 11.4. The molecule has 0 spiro atoms. The topological polar surface area (TPSA) is 35.5 Å². The maximum absolute atomic E-state index is 11.4. The van der Waals surface area contributed by atoms with Crippen LogP contribution in [0.25, 0.3) is 0 Å². The Morgan fingerprint density at radius 2 is 2.13 bits per heavy atom. The molecular weight excluding hydrogens is 212 g/mol. The van der Waals surface area contributed by atoms with Crippen LogP contribution in [0.4, 0.5) is 0 Å². The molecule has 0 aliphatic heterocycles. The van der Waals surface area contributed by atoms with Gasteiger partial charge in [-0.3, -0.25) is 0 Å². The lowest BCUT2D eigenvalue weighted by Crippen LogP contribution is -2.03. The van der Waals surface area contributed by atoms with Gasteiger partial charge in [0.1, 0.15) is 11.3 Å². The van der Waals surface area contributed by atoms with E-state index in [2.05, 4.69) is 11.7 Å². The van der Waals surface area contributed by atoms with Crippen molar-refractivity contribution in [2.45, 2.75) is 11.8 Å². The van der Waals surface area contributed by atoms with E-state index in [0.29, 0.717) is 11.3 Å². The molecule has 0 N–H and O–H groups in total. The van der Waals surface area contributed by atoms with Crippen molar-refractivity contribution >= 4 is 17.7 Å². The first-order valence-electron chi connectivity index (χ1n) is 4.62. The number of thioether (sulfide) groups is 1. The lowest BCUT2D eigenvalue weighted by Gasteiger charge is -2.08. The summed E-state index contributed by atoms with van der Waals surface area (Å²) in [4.78, 5) is 12.4. The van der Waals surface area contributed by atoms with Gasteiger partial charge < -0.3 is 9.47 Å². The van der Waals surface area contributed by atoms with Crippen molar-refractivity contribution in [2.75, 3.05) is 20.0 Å². The summed E-state index contributed by atoms with van der Waals surface area (Å²) in [5.74, 6) is 1.17. The SMILES string of the molecule is CCSc1ccc(C(=O)OC)c(OC)c1. The van der Waals surface area contributed by atoms with Crippen molar-refractivity contribution in [3.05, 3.63) is 23.8 Å². The molecule has 0 unspecified atom stereocenters. The number of ether oxygens (including phenoxy) is 2. The average Bonchev–Trinajstić information content (AvgIpc) is 2.28. The summed E-state index contributed by atoms with van der Waals surface area (Å²) in [6.45, 7) is 2.07. The van der Waals surface area contributed by atoms with Crippen LogP contribution in [0.2, 0.25) is 0 Å². The first kappa shape index (κ1) is 11.9. The molecule has 0 aliphatic carbocycles. The molecule has 1 aromatic carbocycles. The van der Waals surface area contributed by atoms with Crippen LogP contribution in [0, 0.1) is 0 Å². The van der Waals surface area contributed by atoms with Crippen LogP contribution in [-0.4, -0.2) is 25.9 Å². The Morgan fingerprint density at radius 1 is 1.40 bits per heavy atom. The third-order valence-corrected chi connectivity index (χ3v) is 2.77. The van der Waals surface area contributed by atoms with E-state index in [4.69, 9.17) is 4.74 Å². The number of rotatable bonds is 4. The lowest BCUT2D eigenvalue weighted by atomic mass is 10.2. The molecule has 1 aromatic rings. The number of benzene rings is 1. The first-order valence-corrected chi connectivity index (χ1v) is 5.60. The van der Waals surface area contributed by atoms with Crippen LogP contribution in [0.15, 0.2) is 23.1 Å². The molecule has 0 atom stereocenters. The predicted molar refractivity (Wildman–Crippen MR) is 60.7 cm³/mol. The van der Waals surface area contributed by atoms with Crippen LogP contribution >= 0.6 is 11.8 Å². The summed E-state index contributed by atoms with van der Waals surface area (Å²) in [7, 11) is 2.90. The molecule has 1 rings (SSSR count). The fourth-order valence-corrected chi connectivity index (χ4v) is 1.89. The zero-order chi connectivity index (χ0) is 11.3. The van der Waals surface area contributed by atoms with Crippen molar-refractivity contribution in [1.82, 2.24) is 0 Å². The summed E-state index contributed by atoms with van der Waals surface area (Å²) in [5.41, 5.74) is 0.459. The minimum absolute atomic E-state index is 0.375. The van der Waals surface area contributed by atoms with E-state index in [9.17, 15) is 4.79 Å². The Morgan fingerprint density at radius 3 is 2.67 bits per heavy atom. The maximum Gasteiger partial charge on any atom is 0.341 e. The molecule has 0 saturated carbocycles. The number of methoxy groups -OCH3 is 2. The first-order chi connectivity index (χ1) is 7.22. The largest absolute Gasteiger partial charge is 0.496 e. The second kappa shape index (κ2) is 5.66. The van der Waals surface area contributed by atoms with Crippen LogP contribution in [-0.2, 0) is 4.74 Å². The molecule has 0 amide bonds. The molecule has 3 nitrogen and oxygen atoms in total. The highest BCUT2D eigenvalue weighted by Crippen LogP contribution is 2.26. The Kier molecular flexibility index (Phi) is 4.49. The average molecular weight is 226 g/mol. The van der Waals surface area contributed by atoms with Crippen molar-refractivity contribution < 1.29 is 14.3 Å². The monoisotopic (exact) mass is 226 g/mol. The molecule has 0 aromatic heterocycles. The third kappa shape index (κ3) is 2.89. The van der Waals surface area contributed by atoms with Crippen LogP contribution < -0.4 is 4.74 Å². The fraction of sp³-hybridized carbons (Fsp3) is 0.364. The molecule has 15 heavy (non-hydrogen) atoms. The van der Waals surface area contributed by atoms with Crippen molar-refractivity contribution in [3.63, 3.8) is 0 Å². The second-order valence-corrected chi connectivity index (χ2v) is 4.12. The van der Waals surface area contributed by atoms with Gasteiger partial charge in [-0.15, -0.1) is 11.8 Å². The molecule has 0 saturated heterocycles. The molecular formula is C11H14O3S. The molecule has 4 heteroatoms. The van der Waals surface area contributed by atoms with E-state index in [1.165, 1.54) is 7.11 Å². The molecule has 0 heterocycles. The summed E-state index contributed by atoms with van der Waals surface area (Å²) in [6, 6.07) is 5.46. The Bertz CT molecular complexity index is 350. The van der Waals surface area contributed by atoms with Gasteiger partial charge in [0.15, 0.2) is 0 Å². The highest BCUT2D eigenvalue weighted by molar-refractivity contribution is 7.99. The van der Waals surface area contributed by atoms with E-state index in [1.54, 1.807) is 24.9 Å². The standard InChI is InChI=1S/C11H14O3S/c1-4-15-8-5-6-9(11(12)14-3)10(7-8)13-2/h5-7H,4H2,1-3H3. The highest BCUT2D eigenvalue weighted by atomic mass is 32.2. The van der Waals surface area contributed by atoms with E-state index in [-0.39, 0.29) is 5.97 Å². The van der Waals surface area contributed by atoms with Gasteiger partial charge in [-0.05, 0) is 24.0 Å². The molecule has 0 aliphatic rings. The van der Waals surface area contributed by atoms with E-state index in [1.807, 2.05) is 12.1 Å². The van der Waals surface area contributed by atoms with Crippen LogP contribution in [0.1, 0.15) is 17.3 Å². The van der Waals surface area contributed by atoms with Gasteiger partial charge in [0.2, 0.25) is 0 Å². The van der Waals surface area contributed by atoms with Gasteiger partial charge in [0.25, 0.3) is 0 Å². The summed E-state index contributed by atoms with van der Waals surface area (Å²) >= 11 is 1.70. The van der Waals surface area contributed by atoms with Gasteiger partial charge in [0.05, 0.1) is 14.2 Å². The fourth-order valence-electron chi connectivity index (χ4n) is 1.21. The van der Waals surface area contributed by atoms with E-state index >= 15 is 0 Å². The summed E-state index contributed by atoms with van der Waals surface area (Å²) in [5, 5.41) is 0. The number of hydrogen-bond donors (Lipinski definition) is 0. The molecule has 0 radical (unpaired) electrons. The number of carbonyl (C=O) groups is 1. The minimum Gasteiger partial charge on any atom is -0.496 e. The van der Waals surface area contributed by atoms with Crippen molar-refractivity contribution in [2.24, 2.45) is 0 Å². The Labute approximate surface area is 93.8 Å². The number of esters is 1. The van der Waals surface area contributed by atoms with E-state index < -0.39 is 0 Å². The van der Waals surface area contributed by atoms with Gasteiger partial charge in [-0.1, -0.05) is 6.92 Å². The van der Waals surface area contributed by atoms with Crippen molar-refractivity contribution in [1.29, 1.82) is 0 Å². The lowest BCUT2D eigenvalue weighted by molar-refractivity contribution is 0.0597. The smallest absolute Gasteiger partial charge is 0.341 e. The van der Waals surface area contributed by atoms with Gasteiger partial charge in [-0.25, -0.2) is 4.79 Å². The number of hydrogen-bond acceptors (Lipinski definition) is 4. The Hall–Kier alpha value is -1.16. The van der Waals surface area contributed by atoms with Gasteiger partial charge >= 0.3 is 5.97 Å². The Balaban J connectivity index is 3.03. The van der Waals surface area contributed by atoms with Gasteiger partial charge in [-0.2, -0.15) is 0 Å². The zero-order valence-corrected chi connectivity index (χ0v) is 9.89. The predicted octanol–water partition coefficient (Wildman–Crippen LogP) is 2.59. The second-order valence-electron chi connectivity index (χ2n) is 2.79. The molecule has 0 fully saturated rings. The summed E-state index contributed by atoms with van der Waals surface area (Å²) in [6.07, 6.45) is 0. The quantitative estimate of drug-likeness (QED) is 0.584. The third-order valence-electron chi connectivity index (χ3n) is 1.89. The van der Waals surface area contributed by atoms with Crippen LogP contribution in [0.3, 0.4) is 0 Å². The minimum atomic E-state index is -0.375. The van der Waals surface area contributed by atoms with Crippen molar-refractivity contribution in [3.8, 4) is 5.75 Å². The normalized spacial score (nSPS) is 9.80. The van der Waals surface area contributed by atoms with Gasteiger partial charge in [0, 0.05) is 4.90 Å².